The topological polar surface area (TPSA) is 0 Å². The minimum atomic E-state index is 0. The molecular formula is C13H29AlClTi. The van der Waals surface area contributed by atoms with Gasteiger partial charge in [0, 0.05) is 0 Å². The number of rotatable bonds is 0. The van der Waals surface area contributed by atoms with Gasteiger partial charge in [-0.25, -0.2) is 0 Å². The Kier molecular flexibility index (Phi) is 36.0. The van der Waals surface area contributed by atoms with Gasteiger partial charge in [-0.05, 0) is 0 Å². The van der Waals surface area contributed by atoms with Crippen molar-refractivity contribution in [1.29, 1.82) is 0 Å². The van der Waals surface area contributed by atoms with Crippen LogP contribution >= 0.6 is 9.30 Å². The molecule has 2 rings (SSSR count). The summed E-state index contributed by atoms with van der Waals surface area (Å²) in [6.07, 6.45) is 15.0. The normalized spacial score (nSPS) is 16.1. The van der Waals surface area contributed by atoms with Crippen molar-refractivity contribution in [2.45, 2.75) is 75.8 Å². The van der Waals surface area contributed by atoms with E-state index in [0.717, 1.165) is 15.2 Å². The molecule has 0 aromatic carbocycles. The van der Waals surface area contributed by atoms with E-state index < -0.39 is 0 Å². The molecule has 0 unspecified atom stereocenters. The Morgan fingerprint density at radius 3 is 0.750 bits per heavy atom. The Morgan fingerprint density at radius 1 is 0.625 bits per heavy atom. The molecular weight excluding hydrogens is 266 g/mol. The summed E-state index contributed by atoms with van der Waals surface area (Å²) in [6.45, 7) is 0. The molecule has 0 amide bonds. The Bertz CT molecular complexity index is 58.8. The second-order valence-corrected chi connectivity index (χ2v) is 5.27. The van der Waals surface area contributed by atoms with Gasteiger partial charge in [-0.15, -0.1) is 11.6 Å². The molecule has 0 nitrogen and oxygen atoms in total. The van der Waals surface area contributed by atoms with Gasteiger partial charge in [0.15, 0.2) is 15.2 Å². The van der Waals surface area contributed by atoms with Gasteiger partial charge in [-0.2, -0.15) is 0 Å². The van der Waals surface area contributed by atoms with Crippen LogP contribution in [0.15, 0.2) is 0 Å². The van der Waals surface area contributed by atoms with E-state index >= 15 is 0 Å². The number of hydrogen-bond acceptors (Lipinski definition) is 0. The third-order valence-corrected chi connectivity index (χ3v) is 2.50. The molecule has 16 heavy (non-hydrogen) atoms. The monoisotopic (exact) mass is 295 g/mol. The predicted octanol–water partition coefficient (Wildman–Crippen LogP) is 5.83. The van der Waals surface area contributed by atoms with Crippen LogP contribution in [0.2, 0.25) is 11.6 Å². The van der Waals surface area contributed by atoms with Crippen LogP contribution < -0.4 is 0 Å². The first-order chi connectivity index (χ1) is 7.41. The van der Waals surface area contributed by atoms with Crippen LogP contribution in [0.25, 0.3) is 0 Å². The molecule has 1 radical (unpaired) electrons. The second-order valence-electron chi connectivity index (χ2n) is 4.11. The van der Waals surface area contributed by atoms with Crippen LogP contribution in [0.1, 0.15) is 64.2 Å². The zero-order valence-corrected chi connectivity index (χ0v) is 15.0. The van der Waals surface area contributed by atoms with Gasteiger partial charge in [-0.3, -0.25) is 0 Å². The molecule has 0 atom stereocenters. The maximum atomic E-state index is 4.64. The summed E-state index contributed by atoms with van der Waals surface area (Å²) in [4.78, 5) is 0. The van der Waals surface area contributed by atoms with Gasteiger partial charge in [0.2, 0.25) is 0 Å². The fourth-order valence-electron chi connectivity index (χ4n) is 1.77. The van der Waals surface area contributed by atoms with E-state index in [1.807, 2.05) is 0 Å². The first-order valence-corrected chi connectivity index (χ1v) is 10.8. The summed E-state index contributed by atoms with van der Waals surface area (Å²) in [6, 6.07) is 0. The quantitative estimate of drug-likeness (QED) is 0.390. The van der Waals surface area contributed by atoms with Crippen molar-refractivity contribution in [2.24, 2.45) is 0 Å². The van der Waals surface area contributed by atoms with Crippen LogP contribution in [0.5, 0.6) is 0 Å². The molecule has 2 aliphatic rings. The van der Waals surface area contributed by atoms with Crippen molar-refractivity contribution >= 4 is 24.5 Å². The van der Waals surface area contributed by atoms with E-state index in [1.165, 1.54) is 83.6 Å². The Hall–Kier alpha value is 1.54. The van der Waals surface area contributed by atoms with Gasteiger partial charge in [0.1, 0.15) is 0 Å². The molecule has 0 aliphatic heterocycles. The van der Waals surface area contributed by atoms with Gasteiger partial charge >= 0.3 is 28.7 Å². The van der Waals surface area contributed by atoms with E-state index in [9.17, 15) is 0 Å². The molecule has 0 saturated heterocycles. The van der Waals surface area contributed by atoms with E-state index in [2.05, 4.69) is 20.9 Å². The van der Waals surface area contributed by atoms with E-state index in [4.69, 9.17) is 0 Å². The fraction of sp³-hybridized carbons (Fsp3) is 0.923. The molecule has 2 saturated carbocycles. The molecule has 2 fully saturated rings. The van der Waals surface area contributed by atoms with Crippen LogP contribution in [-0.4, -0.2) is 15.2 Å². The summed E-state index contributed by atoms with van der Waals surface area (Å²) in [7, 11) is 4.64. The van der Waals surface area contributed by atoms with Gasteiger partial charge in [-0.1, -0.05) is 64.2 Å². The van der Waals surface area contributed by atoms with Crippen molar-refractivity contribution in [3.05, 3.63) is 7.43 Å². The molecule has 0 spiro atoms. The van der Waals surface area contributed by atoms with Crippen molar-refractivity contribution in [2.75, 3.05) is 0 Å². The first-order valence-electron chi connectivity index (χ1n) is 6.34. The van der Waals surface area contributed by atoms with E-state index in [-0.39, 0.29) is 7.43 Å². The van der Waals surface area contributed by atoms with Crippen molar-refractivity contribution in [3.8, 4) is 0 Å². The molecule has 3 heteroatoms. The Morgan fingerprint density at radius 2 is 0.688 bits per heavy atom. The zero-order chi connectivity index (χ0) is 11.8. The molecule has 0 heterocycles. The average Bonchev–Trinajstić information content (AvgIpc) is 3.01. The van der Waals surface area contributed by atoms with Crippen LogP contribution in [0.4, 0.5) is 0 Å². The fourth-order valence-corrected chi connectivity index (χ4v) is 1.77. The first kappa shape index (κ1) is 22.7. The van der Waals surface area contributed by atoms with Crippen LogP contribution in [-0.2, 0) is 19.4 Å². The zero-order valence-electron chi connectivity index (χ0n) is 11.5. The summed E-state index contributed by atoms with van der Waals surface area (Å²) < 4.78 is 0. The standard InChI is InChI=1S/2C5H10.3CH3.Al.ClH.Ti/c2*1-2-4-5-3-1;;;;;;/h2*1-5H2;3*1H3;;1H;/q;;;;-1;;;+2/p-1. The third-order valence-electron chi connectivity index (χ3n) is 2.50. The minimum absolute atomic E-state index is 0. The van der Waals surface area contributed by atoms with Gasteiger partial charge in [0.05, 0.1) is 0 Å². The summed E-state index contributed by atoms with van der Waals surface area (Å²) in [5.74, 6) is 4.42. The van der Waals surface area contributed by atoms with Gasteiger partial charge < -0.3 is 7.43 Å². The van der Waals surface area contributed by atoms with Crippen LogP contribution in [0.3, 0.4) is 0 Å². The number of hydrogen-bond donors (Lipinski definition) is 0. The van der Waals surface area contributed by atoms with Gasteiger partial charge in [0.25, 0.3) is 0 Å². The van der Waals surface area contributed by atoms with Crippen molar-refractivity contribution < 1.29 is 19.4 Å². The molecule has 95 valence electrons. The molecule has 0 bridgehead atoms. The molecule has 0 aromatic rings. The Labute approximate surface area is 126 Å². The summed E-state index contributed by atoms with van der Waals surface area (Å²) >= 11 is 2.22. The summed E-state index contributed by atoms with van der Waals surface area (Å²) in [5, 5.41) is 0. The molecule has 0 N–H and O–H groups in total. The molecule has 0 aromatic heterocycles. The van der Waals surface area contributed by atoms with Crippen molar-refractivity contribution in [1.82, 2.24) is 0 Å². The summed E-state index contributed by atoms with van der Waals surface area (Å²) in [5.41, 5.74) is 0. The molecule has 2 aliphatic carbocycles. The number of halogens is 1. The van der Waals surface area contributed by atoms with Crippen molar-refractivity contribution in [3.63, 3.8) is 0 Å². The SMILES string of the molecule is C1CCCC1.C1CCCC1.[CH3-].[CH3][Al][CH3].[Cl][Ti+]. The van der Waals surface area contributed by atoms with Crippen LogP contribution in [0, 0.1) is 7.43 Å². The second kappa shape index (κ2) is 25.4. The van der Waals surface area contributed by atoms with E-state index in [0.29, 0.717) is 0 Å². The Balaban J connectivity index is -0.000000147. The maximum absolute atomic E-state index is 4.64. The third kappa shape index (κ3) is 24.7. The van der Waals surface area contributed by atoms with E-state index in [1.54, 1.807) is 0 Å². The average molecular weight is 296 g/mol. The predicted molar refractivity (Wildman–Crippen MR) is 75.9 cm³/mol.